The molecule has 2 aromatic carbocycles. The molecule has 0 fully saturated rings. The number of nitrogens with one attached hydrogen (secondary N) is 1. The van der Waals surface area contributed by atoms with Gasteiger partial charge in [0.05, 0.1) is 15.6 Å². The second kappa shape index (κ2) is 7.81. The molecule has 0 spiro atoms. The lowest BCUT2D eigenvalue weighted by Crippen LogP contribution is -2.21. The molecule has 7 heteroatoms. The fourth-order valence-corrected chi connectivity index (χ4v) is 2.64. The van der Waals surface area contributed by atoms with Gasteiger partial charge in [-0.15, -0.1) is 0 Å². The van der Waals surface area contributed by atoms with Crippen LogP contribution in [0.4, 0.5) is 5.69 Å². The van der Waals surface area contributed by atoms with E-state index < -0.39 is 18.5 Å². The minimum atomic E-state index is -0.656. The van der Waals surface area contributed by atoms with E-state index in [0.29, 0.717) is 10.7 Å². The molecule has 0 aliphatic rings. The van der Waals surface area contributed by atoms with Crippen molar-refractivity contribution in [1.82, 2.24) is 0 Å². The summed E-state index contributed by atoms with van der Waals surface area (Å²) < 4.78 is 5.70. The summed E-state index contributed by atoms with van der Waals surface area (Å²) >= 11 is 15.2. The monoisotopic (exact) mass is 415 g/mol. The van der Waals surface area contributed by atoms with Crippen molar-refractivity contribution < 1.29 is 14.3 Å². The number of benzene rings is 2. The molecule has 0 heterocycles. The lowest BCUT2D eigenvalue weighted by Gasteiger charge is -2.10. The largest absolute Gasteiger partial charge is 0.452 e. The van der Waals surface area contributed by atoms with Crippen LogP contribution in [0.2, 0.25) is 10.0 Å². The number of ether oxygens (including phenoxy) is 1. The first-order chi connectivity index (χ1) is 10.9. The Bertz CT molecular complexity index is 765. The van der Waals surface area contributed by atoms with Crippen LogP contribution in [0.1, 0.15) is 15.9 Å². The Morgan fingerprint density at radius 1 is 1.17 bits per heavy atom. The van der Waals surface area contributed by atoms with Crippen LogP contribution < -0.4 is 5.32 Å². The Labute approximate surface area is 151 Å². The van der Waals surface area contributed by atoms with Gasteiger partial charge < -0.3 is 10.1 Å². The van der Waals surface area contributed by atoms with Gasteiger partial charge in [0.15, 0.2) is 6.61 Å². The number of anilines is 1. The molecule has 2 rings (SSSR count). The van der Waals surface area contributed by atoms with Crippen molar-refractivity contribution in [2.24, 2.45) is 0 Å². The number of hydrogen-bond donors (Lipinski definition) is 1. The standard InChI is InChI=1S/C16H12BrCl2NO3/c1-9-6-11(17)13(19)7-14(9)20-15(21)8-23-16(22)10-4-2-3-5-12(10)18/h2-7H,8H2,1H3,(H,20,21). The summed E-state index contributed by atoms with van der Waals surface area (Å²) in [6, 6.07) is 9.87. The third kappa shape index (κ3) is 4.70. The van der Waals surface area contributed by atoms with Crippen molar-refractivity contribution in [3.8, 4) is 0 Å². The van der Waals surface area contributed by atoms with Crippen LogP contribution in [0.15, 0.2) is 40.9 Å². The number of carbonyl (C=O) groups is 2. The van der Waals surface area contributed by atoms with Gasteiger partial charge >= 0.3 is 5.97 Å². The number of rotatable bonds is 4. The molecule has 0 saturated heterocycles. The predicted octanol–water partition coefficient (Wildman–Crippen LogP) is 4.86. The highest BCUT2D eigenvalue weighted by Gasteiger charge is 2.14. The number of carbonyl (C=O) groups excluding carboxylic acids is 2. The average molecular weight is 417 g/mol. The van der Waals surface area contributed by atoms with E-state index >= 15 is 0 Å². The molecule has 0 bridgehead atoms. The van der Waals surface area contributed by atoms with Crippen molar-refractivity contribution in [1.29, 1.82) is 0 Å². The average Bonchev–Trinajstić information content (AvgIpc) is 2.51. The molecule has 120 valence electrons. The van der Waals surface area contributed by atoms with E-state index in [0.717, 1.165) is 10.0 Å². The van der Waals surface area contributed by atoms with E-state index in [2.05, 4.69) is 21.2 Å². The van der Waals surface area contributed by atoms with Gasteiger partial charge in [0, 0.05) is 10.2 Å². The van der Waals surface area contributed by atoms with Gasteiger partial charge in [-0.3, -0.25) is 4.79 Å². The number of halogens is 3. The quantitative estimate of drug-likeness (QED) is 0.724. The van der Waals surface area contributed by atoms with E-state index in [1.54, 1.807) is 30.3 Å². The maximum absolute atomic E-state index is 11.9. The molecule has 0 aliphatic carbocycles. The van der Waals surface area contributed by atoms with Gasteiger partial charge in [0.1, 0.15) is 0 Å². The van der Waals surface area contributed by atoms with Gasteiger partial charge in [0.25, 0.3) is 5.91 Å². The number of hydrogen-bond acceptors (Lipinski definition) is 3. The molecule has 1 amide bonds. The summed E-state index contributed by atoms with van der Waals surface area (Å²) in [7, 11) is 0. The summed E-state index contributed by atoms with van der Waals surface area (Å²) in [5, 5.41) is 3.39. The number of amides is 1. The van der Waals surface area contributed by atoms with Crippen LogP contribution in [0.3, 0.4) is 0 Å². The summed E-state index contributed by atoms with van der Waals surface area (Å²) in [6.45, 7) is 1.41. The molecule has 23 heavy (non-hydrogen) atoms. The second-order valence-electron chi connectivity index (χ2n) is 4.69. The van der Waals surface area contributed by atoms with Crippen LogP contribution in [-0.4, -0.2) is 18.5 Å². The smallest absolute Gasteiger partial charge is 0.340 e. The van der Waals surface area contributed by atoms with E-state index in [-0.39, 0.29) is 10.6 Å². The second-order valence-corrected chi connectivity index (χ2v) is 6.35. The van der Waals surface area contributed by atoms with E-state index in [1.807, 2.05) is 6.92 Å². The zero-order valence-electron chi connectivity index (χ0n) is 12.0. The third-order valence-electron chi connectivity index (χ3n) is 2.97. The fraction of sp³-hybridized carbons (Fsp3) is 0.125. The van der Waals surface area contributed by atoms with Crippen molar-refractivity contribution in [2.75, 3.05) is 11.9 Å². The lowest BCUT2D eigenvalue weighted by molar-refractivity contribution is -0.119. The van der Waals surface area contributed by atoms with Crippen LogP contribution in [0.25, 0.3) is 0 Å². The number of aryl methyl sites for hydroxylation is 1. The summed E-state index contributed by atoms with van der Waals surface area (Å²) in [5.74, 6) is -1.12. The first kappa shape index (κ1) is 17.8. The first-order valence-corrected chi connectivity index (χ1v) is 8.10. The highest BCUT2D eigenvalue weighted by molar-refractivity contribution is 9.10. The van der Waals surface area contributed by atoms with Crippen molar-refractivity contribution in [3.05, 3.63) is 62.0 Å². The molecular weight excluding hydrogens is 405 g/mol. The summed E-state index contributed by atoms with van der Waals surface area (Å²) in [5.41, 5.74) is 1.59. The Morgan fingerprint density at radius 3 is 2.57 bits per heavy atom. The zero-order chi connectivity index (χ0) is 17.0. The van der Waals surface area contributed by atoms with Crippen LogP contribution in [0, 0.1) is 6.92 Å². The summed E-state index contributed by atoms with van der Waals surface area (Å²) in [4.78, 5) is 23.8. The Balaban J connectivity index is 1.97. The van der Waals surface area contributed by atoms with E-state index in [1.165, 1.54) is 6.07 Å². The fourth-order valence-electron chi connectivity index (χ4n) is 1.80. The van der Waals surface area contributed by atoms with Crippen molar-refractivity contribution in [3.63, 3.8) is 0 Å². The molecule has 2 aromatic rings. The van der Waals surface area contributed by atoms with Gasteiger partial charge in [-0.05, 0) is 52.7 Å². The molecule has 0 aromatic heterocycles. The topological polar surface area (TPSA) is 55.4 Å². The Kier molecular flexibility index (Phi) is 6.04. The number of esters is 1. The van der Waals surface area contributed by atoms with E-state index in [4.69, 9.17) is 27.9 Å². The van der Waals surface area contributed by atoms with Crippen molar-refractivity contribution >= 4 is 56.7 Å². The molecule has 0 aliphatic heterocycles. The zero-order valence-corrected chi connectivity index (χ0v) is 15.1. The maximum atomic E-state index is 11.9. The Morgan fingerprint density at radius 2 is 1.87 bits per heavy atom. The van der Waals surface area contributed by atoms with E-state index in [9.17, 15) is 9.59 Å². The molecule has 0 unspecified atom stereocenters. The van der Waals surface area contributed by atoms with Crippen LogP contribution in [0.5, 0.6) is 0 Å². The van der Waals surface area contributed by atoms with Gasteiger partial charge in [0.2, 0.25) is 0 Å². The molecule has 4 nitrogen and oxygen atoms in total. The molecule has 0 atom stereocenters. The SMILES string of the molecule is Cc1cc(Br)c(Cl)cc1NC(=O)COC(=O)c1ccccc1Cl. The minimum absolute atomic E-state index is 0.213. The minimum Gasteiger partial charge on any atom is -0.452 e. The van der Waals surface area contributed by atoms with Crippen LogP contribution in [-0.2, 0) is 9.53 Å². The normalized spacial score (nSPS) is 10.3. The van der Waals surface area contributed by atoms with Crippen LogP contribution >= 0.6 is 39.1 Å². The Hall–Kier alpha value is -1.56. The highest BCUT2D eigenvalue weighted by Crippen LogP contribution is 2.28. The van der Waals surface area contributed by atoms with Gasteiger partial charge in [-0.25, -0.2) is 4.79 Å². The predicted molar refractivity (Wildman–Crippen MR) is 94.3 cm³/mol. The molecule has 1 N–H and O–H groups in total. The van der Waals surface area contributed by atoms with Gasteiger partial charge in [-0.2, -0.15) is 0 Å². The molecular formula is C16H12BrCl2NO3. The first-order valence-electron chi connectivity index (χ1n) is 6.55. The highest BCUT2D eigenvalue weighted by atomic mass is 79.9. The maximum Gasteiger partial charge on any atom is 0.340 e. The molecule has 0 saturated carbocycles. The van der Waals surface area contributed by atoms with Crippen molar-refractivity contribution in [2.45, 2.75) is 6.92 Å². The lowest BCUT2D eigenvalue weighted by atomic mass is 10.2. The third-order valence-corrected chi connectivity index (χ3v) is 4.50. The summed E-state index contributed by atoms with van der Waals surface area (Å²) in [6.07, 6.45) is 0. The van der Waals surface area contributed by atoms with Gasteiger partial charge in [-0.1, -0.05) is 35.3 Å². The molecule has 0 radical (unpaired) electrons.